The zero-order valence-corrected chi connectivity index (χ0v) is 12.7. The Hall–Kier alpha value is -2.37. The summed E-state index contributed by atoms with van der Waals surface area (Å²) in [7, 11) is 0. The molecule has 6 heteroatoms. The van der Waals surface area contributed by atoms with Gasteiger partial charge in [-0.05, 0) is 48.8 Å². The maximum absolute atomic E-state index is 12.1. The number of nitrogens with one attached hydrogen (secondary N) is 2. The van der Waals surface area contributed by atoms with Crippen molar-refractivity contribution in [2.75, 3.05) is 11.9 Å². The number of benzene rings is 1. The number of aliphatic carboxylic acids is 1. The number of amides is 2. The molecule has 6 nitrogen and oxygen atoms in total. The number of carboxylic acid groups (broad SMARTS) is 1. The minimum Gasteiger partial charge on any atom is -0.480 e. The first-order chi connectivity index (χ1) is 11.0. The Bertz CT molecular complexity index is 622. The highest BCUT2D eigenvalue weighted by Crippen LogP contribution is 2.54. The van der Waals surface area contributed by atoms with Gasteiger partial charge in [0.25, 0.3) is 0 Å². The quantitative estimate of drug-likeness (QED) is 0.709. The molecule has 2 fully saturated rings. The summed E-state index contributed by atoms with van der Waals surface area (Å²) in [5.74, 6) is 0.220. The number of carboxylic acids is 1. The van der Waals surface area contributed by atoms with E-state index in [0.717, 1.165) is 23.6 Å². The molecule has 2 amide bonds. The number of anilines is 1. The molecule has 2 unspecified atom stereocenters. The maximum atomic E-state index is 12.1. The maximum Gasteiger partial charge on any atom is 0.322 e. The van der Waals surface area contributed by atoms with Crippen LogP contribution in [0.1, 0.15) is 24.8 Å². The summed E-state index contributed by atoms with van der Waals surface area (Å²) >= 11 is 0. The summed E-state index contributed by atoms with van der Waals surface area (Å²) in [6.45, 7) is -0.378. The van der Waals surface area contributed by atoms with E-state index in [-0.39, 0.29) is 30.7 Å². The summed E-state index contributed by atoms with van der Waals surface area (Å²) in [6.07, 6.45) is 3.67. The van der Waals surface area contributed by atoms with Crippen LogP contribution in [0.5, 0.6) is 0 Å². The first-order valence-corrected chi connectivity index (χ1v) is 7.91. The van der Waals surface area contributed by atoms with Crippen LogP contribution < -0.4 is 10.6 Å². The lowest BCUT2D eigenvalue weighted by Crippen LogP contribution is -2.30. The molecule has 2 atom stereocenters. The van der Waals surface area contributed by atoms with Crippen molar-refractivity contribution in [3.05, 3.63) is 29.8 Å². The number of carbonyl (C=O) groups excluding carboxylic acids is 2. The van der Waals surface area contributed by atoms with Gasteiger partial charge in [0.15, 0.2) is 0 Å². The van der Waals surface area contributed by atoms with E-state index in [0.29, 0.717) is 5.92 Å². The third-order valence-electron chi connectivity index (χ3n) is 4.43. The molecule has 0 radical (unpaired) electrons. The Morgan fingerprint density at radius 3 is 2.43 bits per heavy atom. The minimum absolute atomic E-state index is 0.0915. The molecule has 0 spiro atoms. The Balaban J connectivity index is 1.46. The molecule has 0 heterocycles. The molecule has 2 saturated carbocycles. The van der Waals surface area contributed by atoms with E-state index in [4.69, 9.17) is 5.11 Å². The zero-order valence-electron chi connectivity index (χ0n) is 12.7. The smallest absolute Gasteiger partial charge is 0.322 e. The molecule has 2 aliphatic carbocycles. The zero-order chi connectivity index (χ0) is 16.4. The van der Waals surface area contributed by atoms with Crippen LogP contribution in [0.25, 0.3) is 0 Å². The van der Waals surface area contributed by atoms with E-state index in [1.807, 2.05) is 0 Å². The van der Waals surface area contributed by atoms with Gasteiger partial charge in [-0.25, -0.2) is 0 Å². The SMILES string of the molecule is O=C(O)CNC(=O)Cc1ccc(NC(=O)C2CC2C2CC2)cc1. The van der Waals surface area contributed by atoms with Crippen LogP contribution in [0.2, 0.25) is 0 Å². The third kappa shape index (κ3) is 4.31. The summed E-state index contributed by atoms with van der Waals surface area (Å²) in [5, 5.41) is 13.7. The van der Waals surface area contributed by atoms with Gasteiger partial charge in [0, 0.05) is 11.6 Å². The van der Waals surface area contributed by atoms with Crippen molar-refractivity contribution in [2.24, 2.45) is 17.8 Å². The van der Waals surface area contributed by atoms with Crippen LogP contribution in [0, 0.1) is 17.8 Å². The molecule has 3 rings (SSSR count). The number of hydrogen-bond acceptors (Lipinski definition) is 3. The van der Waals surface area contributed by atoms with E-state index in [2.05, 4.69) is 10.6 Å². The van der Waals surface area contributed by atoms with Crippen molar-refractivity contribution in [3.8, 4) is 0 Å². The Kier molecular flexibility index (Phi) is 4.32. The predicted molar refractivity (Wildman–Crippen MR) is 83.7 cm³/mol. The fourth-order valence-corrected chi connectivity index (χ4v) is 2.92. The first-order valence-electron chi connectivity index (χ1n) is 7.91. The number of hydrogen-bond donors (Lipinski definition) is 3. The van der Waals surface area contributed by atoms with Crippen LogP contribution in [0.15, 0.2) is 24.3 Å². The monoisotopic (exact) mass is 316 g/mol. The lowest BCUT2D eigenvalue weighted by atomic mass is 10.1. The molecule has 0 saturated heterocycles. The molecular formula is C17H20N2O4. The van der Waals surface area contributed by atoms with Gasteiger partial charge in [0.1, 0.15) is 6.54 Å². The molecule has 0 bridgehead atoms. The number of rotatable bonds is 7. The van der Waals surface area contributed by atoms with E-state index in [9.17, 15) is 14.4 Å². The summed E-state index contributed by atoms with van der Waals surface area (Å²) in [4.78, 5) is 34.0. The lowest BCUT2D eigenvalue weighted by Gasteiger charge is -2.07. The van der Waals surface area contributed by atoms with E-state index in [1.165, 1.54) is 12.8 Å². The Labute approximate surface area is 134 Å². The van der Waals surface area contributed by atoms with E-state index >= 15 is 0 Å². The van der Waals surface area contributed by atoms with Crippen LogP contribution in [-0.2, 0) is 20.8 Å². The third-order valence-corrected chi connectivity index (χ3v) is 4.43. The Morgan fingerprint density at radius 1 is 1.13 bits per heavy atom. The summed E-state index contributed by atoms with van der Waals surface area (Å²) in [6, 6.07) is 7.07. The van der Waals surface area contributed by atoms with Crippen LogP contribution in [-0.4, -0.2) is 29.4 Å². The molecule has 0 aromatic heterocycles. The topological polar surface area (TPSA) is 95.5 Å². The van der Waals surface area contributed by atoms with E-state index < -0.39 is 5.97 Å². The van der Waals surface area contributed by atoms with Gasteiger partial charge >= 0.3 is 5.97 Å². The van der Waals surface area contributed by atoms with Gasteiger partial charge in [-0.3, -0.25) is 14.4 Å². The minimum atomic E-state index is -1.07. The van der Waals surface area contributed by atoms with Gasteiger partial charge in [0.2, 0.25) is 11.8 Å². The highest BCUT2D eigenvalue weighted by Gasteiger charge is 2.51. The molecule has 122 valence electrons. The largest absolute Gasteiger partial charge is 0.480 e. The highest BCUT2D eigenvalue weighted by molar-refractivity contribution is 5.94. The molecular weight excluding hydrogens is 296 g/mol. The van der Waals surface area contributed by atoms with Crippen LogP contribution >= 0.6 is 0 Å². The molecule has 1 aromatic carbocycles. The second kappa shape index (κ2) is 6.40. The normalized spacial score (nSPS) is 22.3. The Morgan fingerprint density at radius 2 is 1.83 bits per heavy atom. The second-order valence-electron chi connectivity index (χ2n) is 6.38. The van der Waals surface area contributed by atoms with Crippen molar-refractivity contribution in [1.29, 1.82) is 0 Å². The van der Waals surface area contributed by atoms with Crippen LogP contribution in [0.3, 0.4) is 0 Å². The van der Waals surface area contributed by atoms with Gasteiger partial charge in [-0.2, -0.15) is 0 Å². The lowest BCUT2D eigenvalue weighted by molar-refractivity contribution is -0.137. The molecule has 2 aliphatic rings. The summed E-state index contributed by atoms with van der Waals surface area (Å²) < 4.78 is 0. The number of carbonyl (C=O) groups is 3. The van der Waals surface area contributed by atoms with Gasteiger partial charge in [0.05, 0.1) is 6.42 Å². The molecule has 3 N–H and O–H groups in total. The van der Waals surface area contributed by atoms with Crippen molar-refractivity contribution < 1.29 is 19.5 Å². The van der Waals surface area contributed by atoms with Crippen molar-refractivity contribution in [3.63, 3.8) is 0 Å². The standard InChI is InChI=1S/C17H20N2O4/c20-15(18-9-16(21)22)7-10-1-5-12(6-2-10)19-17(23)14-8-13(14)11-3-4-11/h1-2,5-6,11,13-14H,3-4,7-9H2,(H,18,20)(H,19,23)(H,21,22). The predicted octanol–water partition coefficient (Wildman–Crippen LogP) is 1.41. The molecule has 23 heavy (non-hydrogen) atoms. The van der Waals surface area contributed by atoms with Gasteiger partial charge in [-0.1, -0.05) is 12.1 Å². The molecule has 1 aromatic rings. The van der Waals surface area contributed by atoms with Gasteiger partial charge in [-0.15, -0.1) is 0 Å². The molecule has 0 aliphatic heterocycles. The second-order valence-corrected chi connectivity index (χ2v) is 6.38. The fraction of sp³-hybridized carbons (Fsp3) is 0.471. The van der Waals surface area contributed by atoms with Gasteiger partial charge < -0.3 is 15.7 Å². The average molecular weight is 316 g/mol. The first kappa shape index (κ1) is 15.5. The summed E-state index contributed by atoms with van der Waals surface area (Å²) in [5.41, 5.74) is 1.50. The van der Waals surface area contributed by atoms with Crippen molar-refractivity contribution in [1.82, 2.24) is 5.32 Å². The van der Waals surface area contributed by atoms with E-state index in [1.54, 1.807) is 24.3 Å². The highest BCUT2D eigenvalue weighted by atomic mass is 16.4. The van der Waals surface area contributed by atoms with Crippen LogP contribution in [0.4, 0.5) is 5.69 Å². The average Bonchev–Trinajstić information content (AvgIpc) is 3.37. The van der Waals surface area contributed by atoms with Crippen molar-refractivity contribution in [2.45, 2.75) is 25.7 Å². The fourth-order valence-electron chi connectivity index (χ4n) is 2.92. The van der Waals surface area contributed by atoms with Crippen molar-refractivity contribution >= 4 is 23.5 Å².